The number of nitrogens with zero attached hydrogens (tertiary/aromatic N) is 4. The van der Waals surface area contributed by atoms with Crippen LogP contribution < -0.4 is 11.6 Å². The number of hydrogen-bond acceptors (Lipinski definition) is 6. The quantitative estimate of drug-likeness (QED) is 0.203. The van der Waals surface area contributed by atoms with Gasteiger partial charge in [0.1, 0.15) is 10.8 Å². The fourth-order valence-corrected chi connectivity index (χ4v) is 2.54. The second kappa shape index (κ2) is 7.40. The van der Waals surface area contributed by atoms with Gasteiger partial charge in [0.2, 0.25) is 5.91 Å². The molecule has 0 aromatic carbocycles. The Morgan fingerprint density at radius 1 is 1.65 bits per heavy atom. The Morgan fingerprint density at radius 2 is 2.39 bits per heavy atom. The number of rotatable bonds is 4. The van der Waals surface area contributed by atoms with Crippen molar-refractivity contribution in [3.8, 4) is 0 Å². The number of ether oxygens (including phenoxy) is 1. The Bertz CT molecular complexity index is 634. The summed E-state index contributed by atoms with van der Waals surface area (Å²) >= 11 is 6.08. The number of amides is 1. The van der Waals surface area contributed by atoms with E-state index in [0.717, 1.165) is 10.7 Å². The number of hydrazine groups is 1. The number of carbonyl (C=O) groups excluding carboxylic acids is 1. The highest BCUT2D eigenvalue weighted by Gasteiger charge is 2.28. The van der Waals surface area contributed by atoms with Crippen LogP contribution in [0.5, 0.6) is 0 Å². The maximum absolute atomic E-state index is 12.0. The fraction of sp³-hybridized carbons (Fsp3) is 0.357. The zero-order chi connectivity index (χ0) is 17.0. The van der Waals surface area contributed by atoms with Crippen LogP contribution in [-0.4, -0.2) is 53.6 Å². The first-order valence-corrected chi connectivity index (χ1v) is 7.31. The molecule has 1 unspecified atom stereocenters. The highest BCUT2D eigenvalue weighted by Crippen LogP contribution is 2.26. The number of carbonyl (C=O) groups is 1. The largest absolute Gasteiger partial charge is 0.380 e. The fourth-order valence-electron chi connectivity index (χ4n) is 2.32. The third kappa shape index (κ3) is 4.19. The van der Waals surface area contributed by atoms with Crippen LogP contribution in [-0.2, 0) is 9.53 Å². The van der Waals surface area contributed by atoms with Gasteiger partial charge in [0.15, 0.2) is 5.84 Å². The zero-order valence-corrected chi connectivity index (χ0v) is 13.5. The van der Waals surface area contributed by atoms with Gasteiger partial charge >= 0.3 is 0 Å². The Morgan fingerprint density at radius 3 is 3.04 bits per heavy atom. The van der Waals surface area contributed by atoms with E-state index in [0.29, 0.717) is 25.5 Å². The first-order valence-electron chi connectivity index (χ1n) is 6.93. The van der Waals surface area contributed by atoms with E-state index in [1.165, 1.54) is 13.1 Å². The number of hydrogen-bond donors (Lipinski definition) is 2. The molecule has 0 bridgehead atoms. The molecule has 0 aliphatic carbocycles. The molecule has 1 amide bonds. The third-order valence-corrected chi connectivity index (χ3v) is 3.51. The molecule has 9 heteroatoms. The lowest BCUT2D eigenvalue weighted by atomic mass is 10.0. The summed E-state index contributed by atoms with van der Waals surface area (Å²) < 4.78 is 5.48. The molecule has 2 rings (SSSR count). The van der Waals surface area contributed by atoms with Gasteiger partial charge in [0.25, 0.3) is 0 Å². The van der Waals surface area contributed by atoms with E-state index in [2.05, 4.69) is 16.7 Å². The summed E-state index contributed by atoms with van der Waals surface area (Å²) in [4.78, 5) is 17.8. The molecule has 0 saturated carbocycles. The SMILES string of the molecule is C=CC(=O)N1CCOCC1c1cc(Cl)nc(/C(N)=N/N(C)N)c1. The standard InChI is InChI=1S/C14H19ClN6O2/c1-3-13(22)21-4-5-23-8-11(21)9-6-10(18-12(15)7-9)14(16)19-20(2)17/h3,6-7,11H,1,4-5,8,17H2,2H3,(H2,16,19). The highest BCUT2D eigenvalue weighted by molar-refractivity contribution is 6.29. The van der Waals surface area contributed by atoms with Crippen LogP contribution in [0.1, 0.15) is 17.3 Å². The summed E-state index contributed by atoms with van der Waals surface area (Å²) in [5, 5.41) is 5.22. The molecule has 124 valence electrons. The lowest BCUT2D eigenvalue weighted by molar-refractivity contribution is -0.134. The Balaban J connectivity index is 2.39. The zero-order valence-electron chi connectivity index (χ0n) is 12.8. The minimum atomic E-state index is -0.295. The second-order valence-electron chi connectivity index (χ2n) is 4.99. The molecule has 1 aromatic rings. The number of nitrogens with two attached hydrogens (primary N) is 2. The van der Waals surface area contributed by atoms with Crippen LogP contribution in [0, 0.1) is 0 Å². The van der Waals surface area contributed by atoms with Crippen molar-refractivity contribution in [1.29, 1.82) is 0 Å². The summed E-state index contributed by atoms with van der Waals surface area (Å²) in [7, 11) is 1.54. The van der Waals surface area contributed by atoms with E-state index in [1.807, 2.05) is 0 Å². The predicted molar refractivity (Wildman–Crippen MR) is 87.4 cm³/mol. The van der Waals surface area contributed by atoms with Gasteiger partial charge in [0.05, 0.1) is 19.3 Å². The average Bonchev–Trinajstić information content (AvgIpc) is 2.53. The van der Waals surface area contributed by atoms with E-state index >= 15 is 0 Å². The van der Waals surface area contributed by atoms with Crippen molar-refractivity contribution in [2.45, 2.75) is 6.04 Å². The predicted octanol–water partition coefficient (Wildman–Crippen LogP) is 0.247. The summed E-state index contributed by atoms with van der Waals surface area (Å²) in [6.45, 7) is 4.83. The third-order valence-electron chi connectivity index (χ3n) is 3.32. The number of hydrazone groups is 1. The van der Waals surface area contributed by atoms with Gasteiger partial charge in [-0.25, -0.2) is 15.9 Å². The number of aromatic nitrogens is 1. The first kappa shape index (κ1) is 17.2. The van der Waals surface area contributed by atoms with Gasteiger partial charge in [-0.1, -0.05) is 18.2 Å². The van der Waals surface area contributed by atoms with Crippen LogP contribution in [0.15, 0.2) is 29.9 Å². The van der Waals surface area contributed by atoms with E-state index < -0.39 is 0 Å². The van der Waals surface area contributed by atoms with E-state index in [-0.39, 0.29) is 22.9 Å². The molecule has 0 spiro atoms. The van der Waals surface area contributed by atoms with Crippen LogP contribution >= 0.6 is 11.6 Å². The average molecular weight is 339 g/mol. The number of amidine groups is 1. The normalized spacial score (nSPS) is 18.7. The molecule has 1 aromatic heterocycles. The minimum absolute atomic E-state index is 0.122. The van der Waals surface area contributed by atoms with Gasteiger partial charge in [-0.05, 0) is 23.8 Å². The molecule has 1 aliphatic rings. The van der Waals surface area contributed by atoms with Crippen molar-refractivity contribution in [3.05, 3.63) is 41.2 Å². The van der Waals surface area contributed by atoms with Gasteiger partial charge in [-0.15, -0.1) is 5.10 Å². The topological polar surface area (TPSA) is 110 Å². The van der Waals surface area contributed by atoms with Crippen LogP contribution in [0.3, 0.4) is 0 Å². The molecule has 1 fully saturated rings. The number of halogens is 1. The number of morpholine rings is 1. The summed E-state index contributed by atoms with van der Waals surface area (Å²) in [5.74, 6) is 5.40. The summed E-state index contributed by atoms with van der Waals surface area (Å²) in [6.07, 6.45) is 1.28. The molecule has 0 radical (unpaired) electrons. The van der Waals surface area contributed by atoms with Crippen LogP contribution in [0.4, 0.5) is 0 Å². The molecule has 1 aliphatic heterocycles. The smallest absolute Gasteiger partial charge is 0.246 e. The van der Waals surface area contributed by atoms with E-state index in [9.17, 15) is 4.79 Å². The Kier molecular flexibility index (Phi) is 5.54. The van der Waals surface area contributed by atoms with Gasteiger partial charge in [-0.2, -0.15) is 0 Å². The van der Waals surface area contributed by atoms with E-state index in [4.69, 9.17) is 27.9 Å². The van der Waals surface area contributed by atoms with E-state index in [1.54, 1.807) is 17.0 Å². The van der Waals surface area contributed by atoms with Crippen molar-refractivity contribution in [1.82, 2.24) is 15.0 Å². The molecular formula is C14H19ClN6O2. The number of pyridine rings is 1. The first-order chi connectivity index (χ1) is 10.9. The lowest BCUT2D eigenvalue weighted by Gasteiger charge is -2.35. The molecular weight excluding hydrogens is 320 g/mol. The van der Waals surface area contributed by atoms with Gasteiger partial charge in [0, 0.05) is 13.6 Å². The van der Waals surface area contributed by atoms with Crippen molar-refractivity contribution in [2.24, 2.45) is 16.7 Å². The minimum Gasteiger partial charge on any atom is -0.380 e. The molecule has 1 saturated heterocycles. The highest BCUT2D eigenvalue weighted by atomic mass is 35.5. The Hall–Kier alpha value is -2.16. The van der Waals surface area contributed by atoms with Crippen LogP contribution in [0.25, 0.3) is 0 Å². The maximum Gasteiger partial charge on any atom is 0.246 e. The van der Waals surface area contributed by atoms with Crippen molar-refractivity contribution >= 4 is 23.3 Å². The second-order valence-corrected chi connectivity index (χ2v) is 5.38. The summed E-state index contributed by atoms with van der Waals surface area (Å²) in [6, 6.07) is 3.10. The molecule has 2 heterocycles. The van der Waals surface area contributed by atoms with Crippen LogP contribution in [0.2, 0.25) is 5.15 Å². The van der Waals surface area contributed by atoms with Crippen molar-refractivity contribution in [3.63, 3.8) is 0 Å². The van der Waals surface area contributed by atoms with Crippen molar-refractivity contribution in [2.75, 3.05) is 26.8 Å². The van der Waals surface area contributed by atoms with Gasteiger partial charge in [-0.3, -0.25) is 4.79 Å². The molecule has 1 atom stereocenters. The Labute approximate surface area is 139 Å². The maximum atomic E-state index is 12.0. The molecule has 4 N–H and O–H groups in total. The lowest BCUT2D eigenvalue weighted by Crippen LogP contribution is -2.42. The molecule has 8 nitrogen and oxygen atoms in total. The van der Waals surface area contributed by atoms with Gasteiger partial charge < -0.3 is 15.4 Å². The van der Waals surface area contributed by atoms with Crippen molar-refractivity contribution < 1.29 is 9.53 Å². The molecule has 23 heavy (non-hydrogen) atoms. The monoisotopic (exact) mass is 338 g/mol. The summed E-state index contributed by atoms with van der Waals surface area (Å²) in [5.41, 5.74) is 7.00.